The summed E-state index contributed by atoms with van der Waals surface area (Å²) in [5, 5.41) is 0. The van der Waals surface area contributed by atoms with Gasteiger partial charge in [-0.25, -0.2) is 9.78 Å². The minimum atomic E-state index is -0.476. The van der Waals surface area contributed by atoms with Crippen molar-refractivity contribution < 1.29 is 4.42 Å². The van der Waals surface area contributed by atoms with Gasteiger partial charge < -0.3 is 4.42 Å². The number of aromatic nitrogens is 2. The number of rotatable bonds is 0. The molecule has 0 unspecified atom stereocenters. The molecule has 0 saturated carbocycles. The van der Waals surface area contributed by atoms with Crippen molar-refractivity contribution in [2.75, 3.05) is 0 Å². The number of pyridine rings is 1. The third-order valence-corrected chi connectivity index (χ3v) is 2.68. The Morgan fingerprint density at radius 3 is 2.73 bits per heavy atom. The summed E-state index contributed by atoms with van der Waals surface area (Å²) in [4.78, 5) is 17.9. The minimum absolute atomic E-state index is 0.0944. The van der Waals surface area contributed by atoms with Crippen LogP contribution in [0.4, 0.5) is 0 Å². The van der Waals surface area contributed by atoms with Crippen LogP contribution in [0.5, 0.6) is 0 Å². The van der Waals surface area contributed by atoms with E-state index in [1.807, 2.05) is 6.07 Å². The van der Waals surface area contributed by atoms with Gasteiger partial charge in [-0.05, 0) is 22.0 Å². The Bertz CT molecular complexity index is 563. The van der Waals surface area contributed by atoms with E-state index < -0.39 is 5.76 Å². The van der Waals surface area contributed by atoms with Crippen molar-refractivity contribution in [1.29, 1.82) is 0 Å². The molecule has 0 amide bonds. The van der Waals surface area contributed by atoms with Crippen LogP contribution >= 0.6 is 15.9 Å². The summed E-state index contributed by atoms with van der Waals surface area (Å²) in [7, 11) is 0. The summed E-state index contributed by atoms with van der Waals surface area (Å²) in [6, 6.07) is 1.81. The molecule has 0 aromatic carbocycles. The van der Waals surface area contributed by atoms with Gasteiger partial charge in [-0.1, -0.05) is 20.8 Å². The summed E-state index contributed by atoms with van der Waals surface area (Å²) in [6.07, 6.45) is 0. The van der Waals surface area contributed by atoms with Crippen LogP contribution in [0.25, 0.3) is 11.2 Å². The summed E-state index contributed by atoms with van der Waals surface area (Å²) in [5.74, 6) is -0.476. The number of nitrogens with one attached hydrogen (secondary N) is 1. The highest BCUT2D eigenvalue weighted by Gasteiger charge is 2.20. The van der Waals surface area contributed by atoms with Gasteiger partial charge in [-0.3, -0.25) is 4.98 Å². The molecule has 0 aliphatic carbocycles. The van der Waals surface area contributed by atoms with Crippen molar-refractivity contribution >= 4 is 27.2 Å². The Kier molecular flexibility index (Phi) is 2.22. The van der Waals surface area contributed by atoms with E-state index in [2.05, 4.69) is 46.7 Å². The zero-order chi connectivity index (χ0) is 11.2. The molecule has 15 heavy (non-hydrogen) atoms. The fourth-order valence-electron chi connectivity index (χ4n) is 1.39. The third-order valence-electron chi connectivity index (χ3n) is 2.08. The lowest BCUT2D eigenvalue weighted by molar-refractivity contribution is 0.528. The predicted octanol–water partition coefficient (Wildman–Crippen LogP) is 2.58. The second-order valence-corrected chi connectivity index (χ2v) is 5.29. The van der Waals surface area contributed by atoms with Gasteiger partial charge in [0, 0.05) is 9.89 Å². The topological polar surface area (TPSA) is 58.9 Å². The molecule has 2 heterocycles. The first-order valence-electron chi connectivity index (χ1n) is 4.58. The molecule has 0 atom stereocenters. The maximum Gasteiger partial charge on any atom is 0.418 e. The fourth-order valence-corrected chi connectivity index (χ4v) is 2.30. The number of oxazole rings is 1. The molecular weight excluding hydrogens is 260 g/mol. The van der Waals surface area contributed by atoms with Crippen molar-refractivity contribution in [3.8, 4) is 0 Å². The molecule has 0 saturated heterocycles. The van der Waals surface area contributed by atoms with E-state index in [1.54, 1.807) is 0 Å². The van der Waals surface area contributed by atoms with Gasteiger partial charge >= 0.3 is 5.76 Å². The molecule has 0 radical (unpaired) electrons. The monoisotopic (exact) mass is 270 g/mol. The second-order valence-electron chi connectivity index (χ2n) is 4.44. The highest BCUT2D eigenvalue weighted by Crippen LogP contribution is 2.29. The molecule has 2 aromatic heterocycles. The second kappa shape index (κ2) is 3.20. The van der Waals surface area contributed by atoms with Crippen molar-refractivity contribution in [3.05, 3.63) is 26.8 Å². The summed E-state index contributed by atoms with van der Waals surface area (Å²) >= 11 is 3.44. The van der Waals surface area contributed by atoms with Crippen LogP contribution in [0.15, 0.2) is 19.8 Å². The molecular formula is C10H11BrN2O2. The number of hydrogen-bond acceptors (Lipinski definition) is 3. The van der Waals surface area contributed by atoms with E-state index in [0.717, 1.165) is 10.2 Å². The van der Waals surface area contributed by atoms with Gasteiger partial charge in [0.25, 0.3) is 0 Å². The van der Waals surface area contributed by atoms with Gasteiger partial charge in [0.1, 0.15) is 5.52 Å². The normalized spacial score (nSPS) is 12.3. The average molecular weight is 271 g/mol. The van der Waals surface area contributed by atoms with Crippen molar-refractivity contribution in [1.82, 2.24) is 9.97 Å². The van der Waals surface area contributed by atoms with Gasteiger partial charge in [0.05, 0.1) is 5.69 Å². The highest BCUT2D eigenvalue weighted by atomic mass is 79.9. The summed E-state index contributed by atoms with van der Waals surface area (Å²) in [5.41, 5.74) is 1.74. The maximum atomic E-state index is 11.0. The number of aromatic amines is 1. The van der Waals surface area contributed by atoms with E-state index in [0.29, 0.717) is 11.2 Å². The van der Waals surface area contributed by atoms with E-state index in [4.69, 9.17) is 4.42 Å². The fraction of sp³-hybridized carbons (Fsp3) is 0.400. The number of nitrogens with zero attached hydrogens (tertiary/aromatic N) is 1. The van der Waals surface area contributed by atoms with Crippen LogP contribution in [0.2, 0.25) is 0 Å². The molecule has 2 aromatic rings. The molecule has 4 nitrogen and oxygen atoms in total. The quantitative estimate of drug-likeness (QED) is 0.801. The molecule has 0 spiro atoms. The lowest BCUT2D eigenvalue weighted by atomic mass is 9.92. The Morgan fingerprint density at radius 1 is 1.47 bits per heavy atom. The standard InChI is InChI=1S/C10H11BrN2O2/c1-10(2,3)7-5(11)4-6-8(13-7)15-9(14)12-6/h4H,1-3H3,(H,12,14). The molecule has 0 aliphatic heterocycles. The first-order valence-corrected chi connectivity index (χ1v) is 5.37. The van der Waals surface area contributed by atoms with Crippen LogP contribution in [-0.4, -0.2) is 9.97 Å². The van der Waals surface area contributed by atoms with Crippen LogP contribution in [-0.2, 0) is 5.41 Å². The van der Waals surface area contributed by atoms with Crippen molar-refractivity contribution in [2.24, 2.45) is 0 Å². The molecule has 80 valence electrons. The largest absolute Gasteiger partial charge is 0.418 e. The molecule has 0 aliphatic rings. The Morgan fingerprint density at radius 2 is 2.13 bits per heavy atom. The molecule has 2 rings (SSSR count). The molecule has 0 fully saturated rings. The van der Waals surface area contributed by atoms with Crippen LogP contribution < -0.4 is 5.76 Å². The van der Waals surface area contributed by atoms with Crippen LogP contribution in [0, 0.1) is 0 Å². The number of hydrogen-bond donors (Lipinski definition) is 1. The van der Waals surface area contributed by atoms with Crippen molar-refractivity contribution in [3.63, 3.8) is 0 Å². The highest BCUT2D eigenvalue weighted by molar-refractivity contribution is 9.10. The Balaban J connectivity index is 2.77. The zero-order valence-electron chi connectivity index (χ0n) is 8.72. The van der Waals surface area contributed by atoms with Crippen molar-refractivity contribution in [2.45, 2.75) is 26.2 Å². The molecule has 0 bridgehead atoms. The molecule has 1 N–H and O–H groups in total. The van der Waals surface area contributed by atoms with Crippen LogP contribution in [0.3, 0.4) is 0 Å². The van der Waals surface area contributed by atoms with E-state index >= 15 is 0 Å². The maximum absolute atomic E-state index is 11.0. The number of H-pyrrole nitrogens is 1. The van der Waals surface area contributed by atoms with Gasteiger partial charge in [0.2, 0.25) is 5.71 Å². The van der Waals surface area contributed by atoms with Gasteiger partial charge in [-0.15, -0.1) is 0 Å². The van der Waals surface area contributed by atoms with E-state index in [1.165, 1.54) is 0 Å². The lowest BCUT2D eigenvalue weighted by Crippen LogP contribution is -2.14. The predicted molar refractivity (Wildman–Crippen MR) is 61.0 cm³/mol. The number of halogens is 1. The third kappa shape index (κ3) is 1.84. The van der Waals surface area contributed by atoms with E-state index in [9.17, 15) is 4.79 Å². The first-order chi connectivity index (χ1) is 6.88. The van der Waals surface area contributed by atoms with Gasteiger partial charge in [0.15, 0.2) is 0 Å². The zero-order valence-corrected chi connectivity index (χ0v) is 10.3. The van der Waals surface area contributed by atoms with Gasteiger partial charge in [-0.2, -0.15) is 0 Å². The molecule has 5 heteroatoms. The number of fused-ring (bicyclic) bond motifs is 1. The summed E-state index contributed by atoms with van der Waals surface area (Å²) in [6.45, 7) is 6.16. The lowest BCUT2D eigenvalue weighted by Gasteiger charge is -2.18. The average Bonchev–Trinajstić information content (AvgIpc) is 2.40. The Labute approximate surface area is 94.8 Å². The smallest absolute Gasteiger partial charge is 0.389 e. The van der Waals surface area contributed by atoms with E-state index in [-0.39, 0.29) is 5.41 Å². The Hall–Kier alpha value is -1.10. The summed E-state index contributed by atoms with van der Waals surface area (Å²) < 4.78 is 5.79. The SMILES string of the molecule is CC(C)(C)c1nc2oc(=O)[nH]c2cc1Br. The van der Waals surface area contributed by atoms with Crippen LogP contribution in [0.1, 0.15) is 26.5 Å². The first kappa shape index (κ1) is 10.4. The minimum Gasteiger partial charge on any atom is -0.389 e.